The van der Waals surface area contributed by atoms with E-state index in [2.05, 4.69) is 9.97 Å². The predicted octanol–water partition coefficient (Wildman–Crippen LogP) is 0.812. The van der Waals surface area contributed by atoms with E-state index in [-0.39, 0.29) is 11.4 Å². The van der Waals surface area contributed by atoms with Gasteiger partial charge in [0.05, 0.1) is 11.8 Å². The second-order valence-electron chi connectivity index (χ2n) is 5.03. The summed E-state index contributed by atoms with van der Waals surface area (Å²) in [6.45, 7) is 1.05. The highest BCUT2D eigenvalue weighted by atomic mass is 32.2. The number of nitrogens with zero attached hydrogens (tertiary/aromatic N) is 3. The topological polar surface area (TPSA) is 72.4 Å². The predicted molar refractivity (Wildman–Crippen MR) is 69.2 cm³/mol. The highest BCUT2D eigenvalue weighted by molar-refractivity contribution is 7.90. The molecule has 1 aliphatic carbocycles. The van der Waals surface area contributed by atoms with Gasteiger partial charge in [0.25, 0.3) is 0 Å². The maximum atomic E-state index is 12.2. The minimum Gasteiger partial charge on any atom is -0.473 e. The molecule has 2 aliphatic rings. The van der Waals surface area contributed by atoms with E-state index < -0.39 is 10.0 Å². The van der Waals surface area contributed by atoms with Crippen LogP contribution < -0.4 is 4.74 Å². The van der Waals surface area contributed by atoms with Gasteiger partial charge in [0.15, 0.2) is 0 Å². The summed E-state index contributed by atoms with van der Waals surface area (Å²) in [6.07, 6.45) is 6.23. The van der Waals surface area contributed by atoms with Crippen molar-refractivity contribution in [2.24, 2.45) is 0 Å². The van der Waals surface area contributed by atoms with Gasteiger partial charge in [-0.05, 0) is 25.7 Å². The third-order valence-corrected chi connectivity index (χ3v) is 5.85. The molecule has 2 heterocycles. The summed E-state index contributed by atoms with van der Waals surface area (Å²) in [4.78, 5) is 7.83. The van der Waals surface area contributed by atoms with Crippen LogP contribution in [0.2, 0.25) is 0 Å². The van der Waals surface area contributed by atoms with Crippen LogP contribution in [-0.2, 0) is 10.0 Å². The number of hydrogen-bond acceptors (Lipinski definition) is 5. The average Bonchev–Trinajstić information content (AvgIpc) is 3.25. The molecule has 1 saturated heterocycles. The van der Waals surface area contributed by atoms with Gasteiger partial charge in [-0.15, -0.1) is 0 Å². The van der Waals surface area contributed by atoms with Crippen molar-refractivity contribution in [2.45, 2.75) is 37.0 Å². The van der Waals surface area contributed by atoms with Gasteiger partial charge in [0.2, 0.25) is 15.9 Å². The second kappa shape index (κ2) is 5.05. The summed E-state index contributed by atoms with van der Waals surface area (Å²) in [6, 6.07) is 1.69. The second-order valence-corrected chi connectivity index (χ2v) is 7.25. The Morgan fingerprint density at radius 3 is 2.84 bits per heavy atom. The van der Waals surface area contributed by atoms with E-state index in [9.17, 15) is 8.42 Å². The van der Waals surface area contributed by atoms with E-state index in [0.717, 1.165) is 25.7 Å². The lowest BCUT2D eigenvalue weighted by atomic mass is 10.1. The van der Waals surface area contributed by atoms with E-state index in [1.165, 1.54) is 6.33 Å². The molecule has 1 unspecified atom stereocenters. The van der Waals surface area contributed by atoms with Crippen molar-refractivity contribution < 1.29 is 13.2 Å². The quantitative estimate of drug-likeness (QED) is 0.817. The largest absolute Gasteiger partial charge is 0.473 e. The van der Waals surface area contributed by atoms with Crippen molar-refractivity contribution in [2.75, 3.05) is 13.1 Å². The van der Waals surface area contributed by atoms with Crippen molar-refractivity contribution in [3.63, 3.8) is 0 Å². The molecular formula is C12H17N3O3S. The van der Waals surface area contributed by atoms with E-state index >= 15 is 0 Å². The van der Waals surface area contributed by atoms with Crippen LogP contribution in [-0.4, -0.2) is 47.1 Å². The Kier molecular flexibility index (Phi) is 3.40. The first kappa shape index (κ1) is 12.8. The van der Waals surface area contributed by atoms with Crippen LogP contribution >= 0.6 is 0 Å². The van der Waals surface area contributed by atoms with Crippen molar-refractivity contribution in [1.29, 1.82) is 0 Å². The molecule has 0 aromatic carbocycles. The highest BCUT2D eigenvalue weighted by Crippen LogP contribution is 2.32. The third-order valence-electron chi connectivity index (χ3n) is 3.49. The van der Waals surface area contributed by atoms with Crippen LogP contribution in [0.15, 0.2) is 18.6 Å². The van der Waals surface area contributed by atoms with Crippen LogP contribution in [0, 0.1) is 0 Å². The minimum atomic E-state index is -3.09. The molecule has 0 radical (unpaired) electrons. The molecule has 19 heavy (non-hydrogen) atoms. The molecule has 1 aromatic rings. The molecule has 0 amide bonds. The molecular weight excluding hydrogens is 266 g/mol. The molecule has 3 rings (SSSR count). The number of hydrogen-bond donors (Lipinski definition) is 0. The van der Waals surface area contributed by atoms with E-state index in [1.54, 1.807) is 16.6 Å². The van der Waals surface area contributed by atoms with Crippen molar-refractivity contribution in [1.82, 2.24) is 14.3 Å². The van der Waals surface area contributed by atoms with Gasteiger partial charge < -0.3 is 4.74 Å². The first-order chi connectivity index (χ1) is 9.16. The van der Waals surface area contributed by atoms with Crippen LogP contribution in [0.1, 0.15) is 25.7 Å². The lowest BCUT2D eigenvalue weighted by Crippen LogP contribution is -2.45. The minimum absolute atomic E-state index is 0.114. The lowest BCUT2D eigenvalue weighted by Gasteiger charge is -2.31. The molecule has 0 spiro atoms. The summed E-state index contributed by atoms with van der Waals surface area (Å²) in [5.41, 5.74) is 0. The molecule has 1 aliphatic heterocycles. The van der Waals surface area contributed by atoms with E-state index in [1.807, 2.05) is 0 Å². The molecule has 1 atom stereocenters. The molecule has 2 fully saturated rings. The Morgan fingerprint density at radius 2 is 2.16 bits per heavy atom. The Bertz CT molecular complexity index is 530. The van der Waals surface area contributed by atoms with Gasteiger partial charge in [0, 0.05) is 18.8 Å². The summed E-state index contributed by atoms with van der Waals surface area (Å²) in [5, 5.41) is -0.148. The summed E-state index contributed by atoms with van der Waals surface area (Å²) >= 11 is 0. The van der Waals surface area contributed by atoms with Crippen molar-refractivity contribution >= 4 is 10.0 Å². The standard InChI is InChI=1S/C12H17N3O3S/c16-19(17,11-3-4-11)15-7-1-2-10(8-15)18-12-5-6-13-9-14-12/h5-6,9-11H,1-4,7-8H2. The maximum Gasteiger partial charge on any atom is 0.217 e. The first-order valence-corrected chi connectivity index (χ1v) is 8.08. The zero-order valence-corrected chi connectivity index (χ0v) is 11.4. The zero-order chi connectivity index (χ0) is 13.3. The number of piperidine rings is 1. The summed E-state index contributed by atoms with van der Waals surface area (Å²) < 4.78 is 31.7. The third kappa shape index (κ3) is 2.87. The fourth-order valence-electron chi connectivity index (χ4n) is 2.33. The van der Waals surface area contributed by atoms with Crippen molar-refractivity contribution in [3.8, 4) is 5.88 Å². The van der Waals surface area contributed by atoms with Crippen LogP contribution in [0.25, 0.3) is 0 Å². The van der Waals surface area contributed by atoms with E-state index in [0.29, 0.717) is 19.0 Å². The van der Waals surface area contributed by atoms with Gasteiger partial charge in [-0.1, -0.05) is 0 Å². The fourth-order valence-corrected chi connectivity index (χ4v) is 4.24. The number of sulfonamides is 1. The molecule has 0 bridgehead atoms. The molecule has 0 N–H and O–H groups in total. The van der Waals surface area contributed by atoms with Crippen LogP contribution in [0.5, 0.6) is 5.88 Å². The Morgan fingerprint density at radius 1 is 1.32 bits per heavy atom. The summed E-state index contributed by atoms with van der Waals surface area (Å²) in [5.74, 6) is 0.505. The molecule has 1 saturated carbocycles. The van der Waals surface area contributed by atoms with Crippen molar-refractivity contribution in [3.05, 3.63) is 18.6 Å². The Balaban J connectivity index is 1.65. The smallest absolute Gasteiger partial charge is 0.217 e. The summed E-state index contributed by atoms with van der Waals surface area (Å²) in [7, 11) is -3.09. The number of aromatic nitrogens is 2. The zero-order valence-electron chi connectivity index (χ0n) is 10.6. The van der Waals surface area contributed by atoms with Gasteiger partial charge >= 0.3 is 0 Å². The molecule has 7 heteroatoms. The lowest BCUT2D eigenvalue weighted by molar-refractivity contribution is 0.124. The number of rotatable bonds is 4. The first-order valence-electron chi connectivity index (χ1n) is 6.58. The molecule has 104 valence electrons. The van der Waals surface area contributed by atoms with E-state index in [4.69, 9.17) is 4.74 Å². The normalized spacial score (nSPS) is 25.2. The van der Waals surface area contributed by atoms with Gasteiger partial charge in [-0.2, -0.15) is 4.31 Å². The Labute approximate surface area is 112 Å². The average molecular weight is 283 g/mol. The molecule has 6 nitrogen and oxygen atoms in total. The maximum absolute atomic E-state index is 12.2. The fraction of sp³-hybridized carbons (Fsp3) is 0.667. The van der Waals surface area contributed by atoms with Crippen LogP contribution in [0.4, 0.5) is 0 Å². The van der Waals surface area contributed by atoms with Crippen LogP contribution in [0.3, 0.4) is 0 Å². The highest BCUT2D eigenvalue weighted by Gasteiger charge is 2.41. The monoisotopic (exact) mass is 283 g/mol. The SMILES string of the molecule is O=S(=O)(C1CC1)N1CCCC(Oc2ccncn2)C1. The number of ether oxygens (including phenoxy) is 1. The van der Waals surface area contributed by atoms with Gasteiger partial charge in [0.1, 0.15) is 12.4 Å². The van der Waals surface area contributed by atoms with Gasteiger partial charge in [-0.25, -0.2) is 18.4 Å². The Hall–Kier alpha value is -1.21. The molecule has 1 aromatic heterocycles. The van der Waals surface area contributed by atoms with Gasteiger partial charge in [-0.3, -0.25) is 0 Å².